The van der Waals surface area contributed by atoms with Crippen molar-refractivity contribution in [3.63, 3.8) is 0 Å². The molecule has 1 aromatic heterocycles. The molecular weight excluding hydrogens is 338 g/mol. The van der Waals surface area contributed by atoms with E-state index in [1.807, 2.05) is 25.1 Å². The van der Waals surface area contributed by atoms with Crippen LogP contribution < -0.4 is 15.4 Å². The highest BCUT2D eigenvalue weighted by Gasteiger charge is 2.06. The Morgan fingerprint density at radius 3 is 2.60 bits per heavy atom. The second-order valence-electron chi connectivity index (χ2n) is 5.58. The van der Waals surface area contributed by atoms with Crippen molar-refractivity contribution < 1.29 is 4.74 Å². The molecule has 0 bridgehead atoms. The summed E-state index contributed by atoms with van der Waals surface area (Å²) in [5.74, 6) is 1.59. The Balaban J connectivity index is 1.78. The van der Waals surface area contributed by atoms with E-state index in [-0.39, 0.29) is 0 Å². The van der Waals surface area contributed by atoms with Gasteiger partial charge >= 0.3 is 0 Å². The van der Waals surface area contributed by atoms with Crippen LogP contribution in [0, 0.1) is 13.8 Å². The molecule has 3 aromatic rings. The maximum atomic E-state index is 6.14. The van der Waals surface area contributed by atoms with Gasteiger partial charge in [-0.2, -0.15) is 10.1 Å². The van der Waals surface area contributed by atoms with Crippen molar-refractivity contribution >= 4 is 34.7 Å². The number of nitrogens with one attached hydrogen (secondary N) is 2. The minimum Gasteiger partial charge on any atom is -0.495 e. The standard InChI is InChI=1S/C18H18ClN5O/c1-11-4-6-15(12(2)8-11)22-18-23-17(10-20-24-18)21-13-5-7-16(25-3)14(19)9-13/h4-10H,1-3H3,(H2,21,22,23,24). The first-order valence-electron chi connectivity index (χ1n) is 7.70. The molecule has 2 N–H and O–H groups in total. The number of halogens is 1. The summed E-state index contributed by atoms with van der Waals surface area (Å²) in [6.45, 7) is 4.09. The molecule has 0 atom stereocenters. The van der Waals surface area contributed by atoms with Crippen LogP contribution in [-0.4, -0.2) is 22.3 Å². The van der Waals surface area contributed by atoms with E-state index in [4.69, 9.17) is 16.3 Å². The van der Waals surface area contributed by atoms with E-state index in [9.17, 15) is 0 Å². The molecule has 128 valence electrons. The number of ether oxygens (including phenoxy) is 1. The molecular formula is C18H18ClN5O. The molecule has 0 fully saturated rings. The minimum absolute atomic E-state index is 0.413. The van der Waals surface area contributed by atoms with Crippen molar-refractivity contribution in [2.75, 3.05) is 17.7 Å². The van der Waals surface area contributed by atoms with Crippen LogP contribution in [0.2, 0.25) is 5.02 Å². The molecule has 0 amide bonds. The molecule has 6 nitrogen and oxygen atoms in total. The van der Waals surface area contributed by atoms with Gasteiger partial charge in [0, 0.05) is 11.4 Å². The molecule has 1 heterocycles. The predicted octanol–water partition coefficient (Wildman–Crippen LogP) is 4.64. The number of rotatable bonds is 5. The van der Waals surface area contributed by atoms with Gasteiger partial charge in [-0.15, -0.1) is 5.10 Å². The lowest BCUT2D eigenvalue weighted by atomic mass is 10.1. The molecule has 7 heteroatoms. The van der Waals surface area contributed by atoms with Crippen molar-refractivity contribution in [2.45, 2.75) is 13.8 Å². The van der Waals surface area contributed by atoms with Gasteiger partial charge < -0.3 is 15.4 Å². The van der Waals surface area contributed by atoms with Crippen molar-refractivity contribution in [3.05, 3.63) is 58.7 Å². The molecule has 0 spiro atoms. The molecule has 0 saturated heterocycles. The van der Waals surface area contributed by atoms with Crippen LogP contribution in [0.4, 0.5) is 23.1 Å². The average Bonchev–Trinajstić information content (AvgIpc) is 2.58. The van der Waals surface area contributed by atoms with Crippen molar-refractivity contribution in [2.24, 2.45) is 0 Å². The maximum Gasteiger partial charge on any atom is 0.249 e. The van der Waals surface area contributed by atoms with Gasteiger partial charge in [0.25, 0.3) is 0 Å². The zero-order valence-corrected chi connectivity index (χ0v) is 14.9. The number of benzene rings is 2. The summed E-state index contributed by atoms with van der Waals surface area (Å²) >= 11 is 6.14. The minimum atomic E-state index is 0.413. The summed E-state index contributed by atoms with van der Waals surface area (Å²) in [6, 6.07) is 11.5. The molecule has 25 heavy (non-hydrogen) atoms. The van der Waals surface area contributed by atoms with E-state index in [1.54, 1.807) is 25.4 Å². The highest BCUT2D eigenvalue weighted by Crippen LogP contribution is 2.28. The van der Waals surface area contributed by atoms with Gasteiger partial charge in [-0.05, 0) is 43.7 Å². The average molecular weight is 356 g/mol. The van der Waals surface area contributed by atoms with E-state index in [0.717, 1.165) is 16.9 Å². The molecule has 0 aliphatic heterocycles. The maximum absolute atomic E-state index is 6.14. The summed E-state index contributed by atoms with van der Waals surface area (Å²) in [6.07, 6.45) is 1.55. The second kappa shape index (κ2) is 7.36. The largest absolute Gasteiger partial charge is 0.495 e. The summed E-state index contributed by atoms with van der Waals surface area (Å²) in [4.78, 5) is 4.43. The topological polar surface area (TPSA) is 72.0 Å². The van der Waals surface area contributed by atoms with Crippen LogP contribution >= 0.6 is 11.6 Å². The highest BCUT2D eigenvalue weighted by atomic mass is 35.5. The third kappa shape index (κ3) is 4.16. The van der Waals surface area contributed by atoms with E-state index in [0.29, 0.717) is 22.5 Å². The molecule has 0 aliphatic carbocycles. The first-order valence-corrected chi connectivity index (χ1v) is 8.07. The van der Waals surface area contributed by atoms with Gasteiger partial charge in [0.05, 0.1) is 18.3 Å². The Labute approximate surface area is 151 Å². The number of methoxy groups -OCH3 is 1. The van der Waals surface area contributed by atoms with Crippen LogP contribution in [-0.2, 0) is 0 Å². The molecule has 0 saturated carbocycles. The summed E-state index contributed by atoms with van der Waals surface area (Å²) < 4.78 is 5.15. The third-order valence-corrected chi connectivity index (χ3v) is 3.91. The zero-order valence-electron chi connectivity index (χ0n) is 14.2. The quantitative estimate of drug-likeness (QED) is 0.694. The Bertz CT molecular complexity index is 900. The van der Waals surface area contributed by atoms with Crippen molar-refractivity contribution in [1.82, 2.24) is 15.2 Å². The fourth-order valence-corrected chi connectivity index (χ4v) is 2.64. The smallest absolute Gasteiger partial charge is 0.249 e. The Hall–Kier alpha value is -2.86. The molecule has 0 aliphatic rings. The first kappa shape index (κ1) is 17.0. The summed E-state index contributed by atoms with van der Waals surface area (Å²) in [5.41, 5.74) is 4.04. The van der Waals surface area contributed by atoms with Gasteiger partial charge in [-0.1, -0.05) is 29.3 Å². The first-order chi connectivity index (χ1) is 12.0. The van der Waals surface area contributed by atoms with Gasteiger partial charge in [-0.3, -0.25) is 0 Å². The van der Waals surface area contributed by atoms with E-state index in [2.05, 4.69) is 38.8 Å². The van der Waals surface area contributed by atoms with Crippen LogP contribution in [0.1, 0.15) is 11.1 Å². The lowest BCUT2D eigenvalue weighted by Crippen LogP contribution is -2.03. The van der Waals surface area contributed by atoms with Crippen LogP contribution in [0.5, 0.6) is 5.75 Å². The van der Waals surface area contributed by atoms with Gasteiger partial charge in [0.1, 0.15) is 5.75 Å². The Morgan fingerprint density at radius 2 is 1.88 bits per heavy atom. The number of anilines is 4. The monoisotopic (exact) mass is 355 g/mol. The van der Waals surface area contributed by atoms with E-state index < -0.39 is 0 Å². The number of aromatic nitrogens is 3. The van der Waals surface area contributed by atoms with Gasteiger partial charge in [-0.25, -0.2) is 0 Å². The third-order valence-electron chi connectivity index (χ3n) is 3.61. The Kier molecular flexibility index (Phi) is 5.00. The number of nitrogens with zero attached hydrogens (tertiary/aromatic N) is 3. The van der Waals surface area contributed by atoms with Crippen LogP contribution in [0.3, 0.4) is 0 Å². The molecule has 0 unspecified atom stereocenters. The van der Waals surface area contributed by atoms with Crippen molar-refractivity contribution in [3.8, 4) is 5.75 Å². The van der Waals surface area contributed by atoms with Gasteiger partial charge in [0.15, 0.2) is 5.82 Å². The SMILES string of the molecule is COc1ccc(Nc2cnnc(Nc3ccc(C)cc3C)n2)cc1Cl. The second-order valence-corrected chi connectivity index (χ2v) is 5.99. The summed E-state index contributed by atoms with van der Waals surface area (Å²) in [5, 5.41) is 14.9. The molecule has 3 rings (SSSR count). The summed E-state index contributed by atoms with van der Waals surface area (Å²) in [7, 11) is 1.58. The van der Waals surface area contributed by atoms with Crippen LogP contribution in [0.25, 0.3) is 0 Å². The number of aryl methyl sites for hydroxylation is 2. The predicted molar refractivity (Wildman–Crippen MR) is 100 cm³/mol. The van der Waals surface area contributed by atoms with Gasteiger partial charge in [0.2, 0.25) is 5.95 Å². The fraction of sp³-hybridized carbons (Fsp3) is 0.167. The zero-order chi connectivity index (χ0) is 17.8. The van der Waals surface area contributed by atoms with Crippen molar-refractivity contribution in [1.29, 1.82) is 0 Å². The lowest BCUT2D eigenvalue weighted by Gasteiger charge is -2.11. The number of hydrogen-bond donors (Lipinski definition) is 2. The molecule has 2 aromatic carbocycles. The molecule has 0 radical (unpaired) electrons. The number of hydrogen-bond acceptors (Lipinski definition) is 6. The van der Waals surface area contributed by atoms with Crippen LogP contribution in [0.15, 0.2) is 42.6 Å². The highest BCUT2D eigenvalue weighted by molar-refractivity contribution is 6.32. The Morgan fingerprint density at radius 1 is 1.04 bits per heavy atom. The van der Waals surface area contributed by atoms with E-state index in [1.165, 1.54) is 5.56 Å². The fourth-order valence-electron chi connectivity index (χ4n) is 2.38. The van der Waals surface area contributed by atoms with E-state index >= 15 is 0 Å². The normalized spacial score (nSPS) is 10.4. The lowest BCUT2D eigenvalue weighted by molar-refractivity contribution is 0.415.